The van der Waals surface area contributed by atoms with E-state index in [1.807, 2.05) is 0 Å². The molecule has 0 aromatic heterocycles. The summed E-state index contributed by atoms with van der Waals surface area (Å²) in [5, 5.41) is 3.52. The normalized spacial score (nSPS) is 44.1. The van der Waals surface area contributed by atoms with Crippen LogP contribution < -0.4 is 9.78 Å². The van der Waals surface area contributed by atoms with Crippen molar-refractivity contribution in [2.24, 2.45) is 29.6 Å². The summed E-state index contributed by atoms with van der Waals surface area (Å²) < 4.78 is 15.3. The Morgan fingerprint density at radius 2 is 1.74 bits per heavy atom. The second kappa shape index (κ2) is 7.68. The van der Waals surface area contributed by atoms with Crippen LogP contribution in [0.4, 0.5) is 0 Å². The zero-order chi connectivity index (χ0) is 24.2. The summed E-state index contributed by atoms with van der Waals surface area (Å²) in [6.45, 7) is 17.6. The Hall–Kier alpha value is -0.654. The van der Waals surface area contributed by atoms with Gasteiger partial charge in [-0.2, -0.15) is 0 Å². The number of piperidine rings is 2. The molecule has 3 aliphatic carbocycles. The number of amides is 1. The predicted octanol–water partition coefficient (Wildman–Crippen LogP) is 4.53. The van der Waals surface area contributed by atoms with Crippen LogP contribution in [0.1, 0.15) is 54.9 Å². The SMILES string of the molecule is CC(C)[Si](O[C@]12[C@H]3[C@H](C)[C@H]4CO[C@@H]([C@@H]5NC(=O)[C@@]1([Se]c1ccccc1)C[C@@H]52)[C@H]43)(C(C)C)C(C)C. The van der Waals surface area contributed by atoms with E-state index < -0.39 is 12.6 Å². The van der Waals surface area contributed by atoms with Gasteiger partial charge in [-0.05, 0) is 0 Å². The second-order valence-corrected chi connectivity index (χ2v) is 20.9. The molecule has 3 aliphatic heterocycles. The average molecular weight is 547 g/mol. The van der Waals surface area contributed by atoms with Gasteiger partial charge in [-0.3, -0.25) is 0 Å². The van der Waals surface area contributed by atoms with Gasteiger partial charge in [-0.15, -0.1) is 0 Å². The first kappa shape index (κ1) is 23.7. The molecule has 1 aromatic rings. The standard InChI is InChI=1S/C28H41NO3SeSi/c1-15(2)34(16(3)4,17(5)6)32-28-21-13-27(28,33-19-11-9-8-10-12-19)26(30)29-24(21)25-22-20(14-31-25)18(7)23(22)28/h8-12,15-18,20-25H,13-14H2,1-7H3,(H,29,30)/t18-,20-,21+,22-,23+,24-,25-,27+,28-/m1/s1. The molecule has 3 saturated heterocycles. The zero-order valence-corrected chi connectivity index (χ0v) is 24.4. The molecule has 6 fully saturated rings. The number of ether oxygens (including phenoxy) is 1. The number of hydrogen-bond acceptors (Lipinski definition) is 3. The van der Waals surface area contributed by atoms with Crippen LogP contribution in [0.2, 0.25) is 20.9 Å². The summed E-state index contributed by atoms with van der Waals surface area (Å²) in [7, 11) is -2.21. The first-order valence-corrected chi connectivity index (χ1v) is 17.3. The fraction of sp³-hybridized carbons (Fsp3) is 0.750. The van der Waals surface area contributed by atoms with E-state index in [4.69, 9.17) is 9.16 Å². The Labute approximate surface area is 212 Å². The van der Waals surface area contributed by atoms with Gasteiger partial charge >= 0.3 is 213 Å². The van der Waals surface area contributed by atoms with Crippen molar-refractivity contribution in [3.05, 3.63) is 30.3 Å². The van der Waals surface area contributed by atoms with Gasteiger partial charge in [-0.1, -0.05) is 0 Å². The molecule has 1 amide bonds. The number of carbonyl (C=O) groups excluding carboxylic acids is 1. The van der Waals surface area contributed by atoms with Crippen LogP contribution in [0.15, 0.2) is 30.3 Å². The molecule has 3 heterocycles. The Morgan fingerprint density at radius 3 is 2.32 bits per heavy atom. The Morgan fingerprint density at radius 1 is 1.09 bits per heavy atom. The molecule has 0 radical (unpaired) electrons. The van der Waals surface area contributed by atoms with E-state index in [1.54, 1.807) is 0 Å². The molecule has 4 nitrogen and oxygen atoms in total. The first-order valence-electron chi connectivity index (χ1n) is 13.5. The summed E-state index contributed by atoms with van der Waals surface area (Å²) in [6.07, 6.45) is 1.16. The Kier molecular flexibility index (Phi) is 5.36. The van der Waals surface area contributed by atoms with Gasteiger partial charge in [0, 0.05) is 0 Å². The average Bonchev–Trinajstić information content (AvgIpc) is 3.17. The molecule has 6 aliphatic rings. The number of carbonyl (C=O) groups is 1. The molecule has 0 unspecified atom stereocenters. The van der Waals surface area contributed by atoms with Gasteiger partial charge in [0.25, 0.3) is 0 Å². The molecule has 1 N–H and O–H groups in total. The summed E-state index contributed by atoms with van der Waals surface area (Å²) in [4.78, 5) is 14.2. The first-order chi connectivity index (χ1) is 16.1. The van der Waals surface area contributed by atoms with E-state index in [-0.39, 0.29) is 38.6 Å². The van der Waals surface area contributed by atoms with E-state index in [9.17, 15) is 4.79 Å². The topological polar surface area (TPSA) is 47.6 Å². The Balaban J connectivity index is 1.54. The predicted molar refractivity (Wildman–Crippen MR) is 139 cm³/mol. The number of nitrogens with one attached hydrogen (secondary N) is 1. The van der Waals surface area contributed by atoms with Crippen LogP contribution in [0.5, 0.6) is 0 Å². The molecule has 186 valence electrons. The van der Waals surface area contributed by atoms with E-state index in [0.29, 0.717) is 46.2 Å². The van der Waals surface area contributed by atoms with Gasteiger partial charge in [0.2, 0.25) is 0 Å². The van der Waals surface area contributed by atoms with Gasteiger partial charge in [0.1, 0.15) is 0 Å². The molecule has 9 atom stereocenters. The molecule has 0 spiro atoms. The number of fused-ring (bicyclic) bond motifs is 1. The maximum atomic E-state index is 14.2. The fourth-order valence-corrected chi connectivity index (χ4v) is 18.8. The molecule has 1 aromatic carbocycles. The van der Waals surface area contributed by atoms with Gasteiger partial charge in [0.05, 0.1) is 0 Å². The molecule has 4 bridgehead atoms. The second-order valence-electron chi connectivity index (χ2n) is 12.7. The summed E-state index contributed by atoms with van der Waals surface area (Å²) >= 11 is 0.0298. The van der Waals surface area contributed by atoms with Crippen LogP contribution in [0.25, 0.3) is 0 Å². The van der Waals surface area contributed by atoms with Gasteiger partial charge in [-0.25, -0.2) is 0 Å². The van der Waals surface area contributed by atoms with E-state index in [2.05, 4.69) is 84.1 Å². The van der Waals surface area contributed by atoms with Crippen LogP contribution in [-0.2, 0) is 14.0 Å². The minimum absolute atomic E-state index is 0.0298. The number of rotatable bonds is 7. The van der Waals surface area contributed by atoms with Crippen LogP contribution >= 0.6 is 0 Å². The van der Waals surface area contributed by atoms with Crippen molar-refractivity contribution in [1.82, 2.24) is 5.32 Å². The van der Waals surface area contributed by atoms with Crippen molar-refractivity contribution < 1.29 is 14.0 Å². The molecule has 34 heavy (non-hydrogen) atoms. The van der Waals surface area contributed by atoms with Gasteiger partial charge in [0.15, 0.2) is 0 Å². The van der Waals surface area contributed by atoms with Crippen LogP contribution in [0, 0.1) is 29.6 Å². The molecular formula is C28H41NO3SeSi. The maximum absolute atomic E-state index is 14.2. The van der Waals surface area contributed by atoms with Crippen LogP contribution in [0.3, 0.4) is 0 Å². The van der Waals surface area contributed by atoms with Crippen molar-refractivity contribution in [2.45, 2.75) is 93.6 Å². The molecular weight excluding hydrogens is 505 g/mol. The molecule has 7 rings (SSSR count). The van der Waals surface area contributed by atoms with E-state index >= 15 is 0 Å². The van der Waals surface area contributed by atoms with Crippen molar-refractivity contribution >= 4 is 33.6 Å². The molecule has 6 heteroatoms. The fourth-order valence-electron chi connectivity index (χ4n) is 9.53. The summed E-state index contributed by atoms with van der Waals surface area (Å²) in [5.74, 6) is 2.82. The summed E-state index contributed by atoms with van der Waals surface area (Å²) in [6, 6.07) is 10.9. The number of benzene rings is 1. The van der Waals surface area contributed by atoms with Crippen molar-refractivity contribution in [3.8, 4) is 0 Å². The molecule has 3 saturated carbocycles. The monoisotopic (exact) mass is 547 g/mol. The Bertz CT molecular complexity index is 963. The quantitative estimate of drug-likeness (QED) is 0.511. The van der Waals surface area contributed by atoms with Crippen molar-refractivity contribution in [1.29, 1.82) is 0 Å². The minimum atomic E-state index is -2.21. The third-order valence-corrected chi connectivity index (χ3v) is 20.0. The number of hydrogen-bond donors (Lipinski definition) is 1. The summed E-state index contributed by atoms with van der Waals surface area (Å²) in [5.41, 5.74) is 1.20. The van der Waals surface area contributed by atoms with Crippen LogP contribution in [-0.4, -0.2) is 53.5 Å². The van der Waals surface area contributed by atoms with Gasteiger partial charge < -0.3 is 0 Å². The van der Waals surface area contributed by atoms with Crippen molar-refractivity contribution in [2.75, 3.05) is 6.61 Å². The van der Waals surface area contributed by atoms with Crippen molar-refractivity contribution in [3.63, 3.8) is 0 Å². The zero-order valence-electron chi connectivity index (χ0n) is 21.7. The third kappa shape index (κ3) is 2.60. The van der Waals surface area contributed by atoms with E-state index in [1.165, 1.54) is 4.46 Å². The van der Waals surface area contributed by atoms with E-state index in [0.717, 1.165) is 13.0 Å². The third-order valence-electron chi connectivity index (χ3n) is 10.7.